The summed E-state index contributed by atoms with van der Waals surface area (Å²) in [6.07, 6.45) is 0. The first kappa shape index (κ1) is 50.7. The summed E-state index contributed by atoms with van der Waals surface area (Å²) in [6, 6.07) is 65.1. The van der Waals surface area contributed by atoms with Crippen LogP contribution in [-0.4, -0.2) is 36.9 Å². The fourth-order valence-corrected chi connectivity index (χ4v) is 10.6. The van der Waals surface area contributed by atoms with Gasteiger partial charge in [-0.3, -0.25) is 0 Å². The Morgan fingerprint density at radius 2 is 0.919 bits per heavy atom. The van der Waals surface area contributed by atoms with Gasteiger partial charge in [-0.15, -0.1) is 0 Å². The van der Waals surface area contributed by atoms with Gasteiger partial charge in [0.2, 0.25) is 0 Å². The van der Waals surface area contributed by atoms with Crippen LogP contribution in [0.5, 0.6) is 0 Å². The molecule has 8 heteroatoms. The molecular weight excluding hydrogens is 904 g/mol. The van der Waals surface area contributed by atoms with Crippen LogP contribution in [0, 0.1) is 19.3 Å². The van der Waals surface area contributed by atoms with Crippen LogP contribution < -0.4 is 20.7 Å². The first-order chi connectivity index (χ1) is 35.1. The molecule has 74 heavy (non-hydrogen) atoms. The highest BCUT2D eigenvalue weighted by Crippen LogP contribution is 2.50. The molecule has 0 bridgehead atoms. The number of benzene rings is 8. The summed E-state index contributed by atoms with van der Waals surface area (Å²) in [4.78, 5) is 4.73. The molecule has 0 saturated heterocycles. The van der Waals surface area contributed by atoms with Gasteiger partial charge < -0.3 is 28.3 Å². The van der Waals surface area contributed by atoms with Crippen LogP contribution >= 0.6 is 0 Å². The lowest BCUT2D eigenvalue weighted by atomic mass is 9.62. The molecule has 0 atom stereocenters. The van der Waals surface area contributed by atoms with E-state index in [1.807, 2.05) is 0 Å². The van der Waals surface area contributed by atoms with Gasteiger partial charge in [-0.1, -0.05) is 131 Å². The molecule has 8 aromatic carbocycles. The Hall–Kier alpha value is -6.83. The maximum absolute atomic E-state index is 6.74. The standard InChI is InChI=1S/C66H71B2N3O3/c1-44-19-27-48(28-20-44)69(50-31-23-46(24-32-50)67(13)74-66(11,12)63(3,4)5)52-36-39-61-57(41-52)58-42-53(37-40-62(58)71(61)54-35-38-56-55-17-15-16-18-59(55)65(9,10)60(56)43-54)70(49-29-21-45(2)22-30-49)51-33-25-47(26-34-51)68(72-14)73-64(6,7)8/h15-43H,1-14H3. The van der Waals surface area contributed by atoms with Gasteiger partial charge in [-0.25, -0.2) is 0 Å². The maximum atomic E-state index is 6.74. The number of fused-ring (bicyclic) bond motifs is 6. The Balaban J connectivity index is 1.16. The predicted octanol–water partition coefficient (Wildman–Crippen LogP) is 16.5. The molecule has 0 N–H and O–H groups in total. The van der Waals surface area contributed by atoms with Crippen LogP contribution in [0.2, 0.25) is 6.82 Å². The normalized spacial score (nSPS) is 13.3. The summed E-state index contributed by atoms with van der Waals surface area (Å²) in [6.45, 7) is 28.3. The zero-order chi connectivity index (χ0) is 52.5. The highest BCUT2D eigenvalue weighted by atomic mass is 16.6. The Morgan fingerprint density at radius 3 is 1.39 bits per heavy atom. The lowest BCUT2D eigenvalue weighted by Crippen LogP contribution is -2.46. The van der Waals surface area contributed by atoms with Crippen molar-refractivity contribution in [1.29, 1.82) is 0 Å². The molecule has 1 aliphatic carbocycles. The molecule has 10 rings (SSSR count). The van der Waals surface area contributed by atoms with Crippen LogP contribution in [0.25, 0.3) is 38.6 Å². The van der Waals surface area contributed by atoms with Crippen LogP contribution in [0.15, 0.2) is 176 Å². The van der Waals surface area contributed by atoms with Crippen molar-refractivity contribution in [2.24, 2.45) is 5.41 Å². The number of aromatic nitrogens is 1. The molecule has 1 aliphatic rings. The van der Waals surface area contributed by atoms with Crippen molar-refractivity contribution in [3.63, 3.8) is 0 Å². The highest BCUT2D eigenvalue weighted by molar-refractivity contribution is 6.66. The molecule has 0 unspecified atom stereocenters. The van der Waals surface area contributed by atoms with Crippen molar-refractivity contribution < 1.29 is 14.0 Å². The van der Waals surface area contributed by atoms with E-state index in [1.165, 1.54) is 33.4 Å². The quantitative estimate of drug-likeness (QED) is 0.108. The summed E-state index contributed by atoms with van der Waals surface area (Å²) in [5.41, 5.74) is 18.8. The fourth-order valence-electron chi connectivity index (χ4n) is 10.6. The Morgan fingerprint density at radius 1 is 0.473 bits per heavy atom. The van der Waals surface area contributed by atoms with E-state index < -0.39 is 7.12 Å². The number of hydrogen-bond acceptors (Lipinski definition) is 5. The highest BCUT2D eigenvalue weighted by Gasteiger charge is 2.37. The van der Waals surface area contributed by atoms with E-state index in [9.17, 15) is 0 Å². The van der Waals surface area contributed by atoms with Gasteiger partial charge in [-0.2, -0.15) is 0 Å². The van der Waals surface area contributed by atoms with Crippen LogP contribution in [-0.2, 0) is 19.4 Å². The molecule has 0 aliphatic heterocycles. The maximum Gasteiger partial charge on any atom is 0.494 e. The molecule has 0 fully saturated rings. The monoisotopic (exact) mass is 976 g/mol. The Bertz CT molecular complexity index is 3490. The lowest BCUT2D eigenvalue weighted by molar-refractivity contribution is 0.000449. The molecule has 1 heterocycles. The van der Waals surface area contributed by atoms with E-state index in [4.69, 9.17) is 14.0 Å². The van der Waals surface area contributed by atoms with Crippen molar-refractivity contribution >= 4 is 80.9 Å². The predicted molar refractivity (Wildman–Crippen MR) is 316 cm³/mol. The number of aryl methyl sites for hydroxylation is 2. The Kier molecular flexibility index (Phi) is 13.1. The van der Waals surface area contributed by atoms with Crippen molar-refractivity contribution in [2.75, 3.05) is 16.9 Å². The minimum absolute atomic E-state index is 0.0185. The zero-order valence-electron chi connectivity index (χ0n) is 46.0. The summed E-state index contributed by atoms with van der Waals surface area (Å²) in [7, 11) is 1.21. The summed E-state index contributed by atoms with van der Waals surface area (Å²) in [5, 5.41) is 2.31. The molecule has 1 aromatic heterocycles. The molecule has 6 nitrogen and oxygen atoms in total. The first-order valence-electron chi connectivity index (χ1n) is 26.3. The van der Waals surface area contributed by atoms with Gasteiger partial charge in [0.05, 0.1) is 16.6 Å². The van der Waals surface area contributed by atoms with Crippen LogP contribution in [0.4, 0.5) is 34.1 Å². The third-order valence-corrected chi connectivity index (χ3v) is 15.7. The third kappa shape index (κ3) is 9.49. The van der Waals surface area contributed by atoms with Gasteiger partial charge >= 0.3 is 14.0 Å². The van der Waals surface area contributed by atoms with E-state index >= 15 is 0 Å². The van der Waals surface area contributed by atoms with E-state index in [0.717, 1.165) is 72.5 Å². The first-order valence-corrected chi connectivity index (χ1v) is 26.3. The fraction of sp³-hybridized carbons (Fsp3) is 0.273. The topological polar surface area (TPSA) is 39.1 Å². The van der Waals surface area contributed by atoms with Crippen molar-refractivity contribution in [2.45, 2.75) is 107 Å². The van der Waals surface area contributed by atoms with E-state index in [2.05, 4.69) is 280 Å². The SMILES string of the molecule is COB(OC(C)(C)C)c1ccc(N(c2ccc(C)cc2)c2ccc3c(c2)c2cc(N(c4ccc(C)cc4)c4ccc(B(C)OC(C)(C)C(C)(C)C)cc4)ccc2n3-c2ccc3c(c2)C(C)(C)c2ccccc2-3)cc1. The summed E-state index contributed by atoms with van der Waals surface area (Å²) >= 11 is 0. The molecule has 9 aromatic rings. The van der Waals surface area contributed by atoms with Gasteiger partial charge in [0.1, 0.15) is 0 Å². The van der Waals surface area contributed by atoms with Crippen molar-refractivity contribution in [3.05, 3.63) is 198 Å². The Labute approximate surface area is 441 Å². The van der Waals surface area contributed by atoms with Crippen molar-refractivity contribution in [1.82, 2.24) is 4.57 Å². The average Bonchev–Trinajstić information content (AvgIpc) is 3.81. The average molecular weight is 976 g/mol. The van der Waals surface area contributed by atoms with Crippen LogP contribution in [0.1, 0.15) is 91.5 Å². The van der Waals surface area contributed by atoms with Crippen LogP contribution in [0.3, 0.4) is 0 Å². The molecule has 0 spiro atoms. The molecule has 0 amide bonds. The summed E-state index contributed by atoms with van der Waals surface area (Å²) in [5.74, 6) is 0. The lowest BCUT2D eigenvalue weighted by Gasteiger charge is -2.40. The number of hydrogen-bond donors (Lipinski definition) is 0. The van der Waals surface area contributed by atoms with Gasteiger partial charge in [0.15, 0.2) is 0 Å². The number of anilines is 6. The van der Waals surface area contributed by atoms with E-state index in [-0.39, 0.29) is 28.9 Å². The smallest absolute Gasteiger partial charge is 0.426 e. The van der Waals surface area contributed by atoms with Gasteiger partial charge in [0.25, 0.3) is 0 Å². The zero-order valence-corrected chi connectivity index (χ0v) is 46.0. The summed E-state index contributed by atoms with van der Waals surface area (Å²) < 4.78 is 21.4. The largest absolute Gasteiger partial charge is 0.494 e. The van der Waals surface area contributed by atoms with Gasteiger partial charge in [-0.05, 0) is 184 Å². The van der Waals surface area contributed by atoms with E-state index in [0.29, 0.717) is 0 Å². The number of rotatable bonds is 13. The minimum Gasteiger partial charge on any atom is -0.426 e. The van der Waals surface area contributed by atoms with E-state index in [1.54, 1.807) is 7.11 Å². The minimum atomic E-state index is -0.492. The second kappa shape index (κ2) is 19.1. The second-order valence-electron chi connectivity index (χ2n) is 23.5. The molecule has 0 radical (unpaired) electrons. The number of nitrogens with zero attached hydrogens (tertiary/aromatic N) is 3. The van der Waals surface area contributed by atoms with Gasteiger partial charge in [0, 0.05) is 68.7 Å². The molecule has 374 valence electrons. The van der Waals surface area contributed by atoms with Crippen molar-refractivity contribution in [3.8, 4) is 16.8 Å². The second-order valence-corrected chi connectivity index (χ2v) is 23.5. The molecule has 0 saturated carbocycles. The third-order valence-electron chi connectivity index (χ3n) is 15.7. The molecular formula is C66H71B2N3O3.